The summed E-state index contributed by atoms with van der Waals surface area (Å²) in [6, 6.07) is 6.57. The highest BCUT2D eigenvalue weighted by molar-refractivity contribution is 9.10. The van der Waals surface area contributed by atoms with Crippen LogP contribution in [0, 0.1) is 10.1 Å². The molecule has 38 heavy (non-hydrogen) atoms. The summed E-state index contributed by atoms with van der Waals surface area (Å²) in [7, 11) is 1.76. The van der Waals surface area contributed by atoms with Crippen LogP contribution in [0.15, 0.2) is 46.5 Å². The molecule has 0 unspecified atom stereocenters. The van der Waals surface area contributed by atoms with Gasteiger partial charge in [0.05, 0.1) is 21.7 Å². The SMILES string of the molecule is CNc1cncc(C(=O)N2CCC[C@@H](Nc3c(C(=O)N4CCc5sccc5C4)cc(Br)cc3[N+](=O)[O-])C2)c1. The molecule has 1 saturated heterocycles. The van der Waals surface area contributed by atoms with E-state index in [4.69, 9.17) is 0 Å². The maximum absolute atomic E-state index is 13.7. The van der Waals surface area contributed by atoms with Crippen LogP contribution in [0.5, 0.6) is 0 Å². The summed E-state index contributed by atoms with van der Waals surface area (Å²) in [6.45, 7) is 1.96. The highest BCUT2D eigenvalue weighted by Crippen LogP contribution is 2.36. The van der Waals surface area contributed by atoms with Gasteiger partial charge in [-0.1, -0.05) is 15.9 Å². The number of fused-ring (bicyclic) bond motifs is 1. The molecule has 12 heteroatoms. The van der Waals surface area contributed by atoms with Gasteiger partial charge in [0.2, 0.25) is 0 Å². The third-order valence-electron chi connectivity index (χ3n) is 6.94. The number of likely N-dealkylation sites (tertiary alicyclic amines) is 1. The molecule has 2 amide bonds. The lowest BCUT2D eigenvalue weighted by Crippen LogP contribution is -2.45. The molecule has 2 N–H and O–H groups in total. The maximum atomic E-state index is 13.7. The number of carbonyl (C=O) groups excluding carboxylic acids is 2. The van der Waals surface area contributed by atoms with Crippen molar-refractivity contribution in [1.29, 1.82) is 0 Å². The van der Waals surface area contributed by atoms with E-state index in [2.05, 4.69) is 31.5 Å². The minimum atomic E-state index is -0.474. The Morgan fingerprint density at radius 2 is 2.03 bits per heavy atom. The third kappa shape index (κ3) is 5.37. The van der Waals surface area contributed by atoms with Crippen molar-refractivity contribution in [3.05, 3.63) is 78.2 Å². The third-order valence-corrected chi connectivity index (χ3v) is 8.42. The van der Waals surface area contributed by atoms with E-state index in [0.29, 0.717) is 42.6 Å². The molecule has 10 nitrogen and oxygen atoms in total. The molecule has 0 bridgehead atoms. The summed E-state index contributed by atoms with van der Waals surface area (Å²) in [5.41, 5.74) is 2.60. The number of benzene rings is 1. The molecule has 0 saturated carbocycles. The van der Waals surface area contributed by atoms with Crippen LogP contribution in [-0.4, -0.2) is 64.2 Å². The van der Waals surface area contributed by atoms with E-state index in [1.165, 1.54) is 17.1 Å². The van der Waals surface area contributed by atoms with Gasteiger partial charge in [-0.3, -0.25) is 24.7 Å². The average molecular weight is 600 g/mol. The van der Waals surface area contributed by atoms with E-state index >= 15 is 0 Å². The Labute approximate surface area is 232 Å². The van der Waals surface area contributed by atoms with Crippen LogP contribution in [0.1, 0.15) is 44.0 Å². The Hall–Kier alpha value is -3.51. The zero-order valence-electron chi connectivity index (χ0n) is 20.8. The summed E-state index contributed by atoms with van der Waals surface area (Å²) in [5.74, 6) is -0.407. The summed E-state index contributed by atoms with van der Waals surface area (Å²) in [4.78, 5) is 47.4. The van der Waals surface area contributed by atoms with Gasteiger partial charge in [0.1, 0.15) is 5.69 Å². The van der Waals surface area contributed by atoms with Crippen molar-refractivity contribution in [3.63, 3.8) is 0 Å². The number of hydrogen-bond acceptors (Lipinski definition) is 8. The van der Waals surface area contributed by atoms with Crippen molar-refractivity contribution in [2.45, 2.75) is 31.8 Å². The van der Waals surface area contributed by atoms with Crippen molar-refractivity contribution in [2.24, 2.45) is 0 Å². The van der Waals surface area contributed by atoms with Gasteiger partial charge in [0, 0.05) is 67.1 Å². The second-order valence-corrected chi connectivity index (χ2v) is 11.3. The van der Waals surface area contributed by atoms with Gasteiger partial charge in [0.25, 0.3) is 17.5 Å². The first-order chi connectivity index (χ1) is 18.3. The zero-order chi connectivity index (χ0) is 26.8. The van der Waals surface area contributed by atoms with Gasteiger partial charge >= 0.3 is 0 Å². The summed E-state index contributed by atoms with van der Waals surface area (Å²) in [6.07, 6.45) is 5.38. The highest BCUT2D eigenvalue weighted by atomic mass is 79.9. The van der Waals surface area contributed by atoms with Gasteiger partial charge in [-0.15, -0.1) is 11.3 Å². The summed E-state index contributed by atoms with van der Waals surface area (Å²) >= 11 is 5.04. The predicted molar refractivity (Wildman–Crippen MR) is 150 cm³/mol. The fraction of sp³-hybridized carbons (Fsp3) is 0.346. The van der Waals surface area contributed by atoms with Gasteiger partial charge in [-0.2, -0.15) is 0 Å². The molecule has 2 aliphatic heterocycles. The minimum absolute atomic E-state index is 0.150. The van der Waals surface area contributed by atoms with Crippen molar-refractivity contribution in [2.75, 3.05) is 37.3 Å². The first-order valence-corrected chi connectivity index (χ1v) is 14.0. The lowest BCUT2D eigenvalue weighted by atomic mass is 10.0. The van der Waals surface area contributed by atoms with Crippen molar-refractivity contribution in [1.82, 2.24) is 14.8 Å². The number of nitro groups is 1. The number of halogens is 1. The number of aromatic nitrogens is 1. The molecule has 1 fully saturated rings. The maximum Gasteiger partial charge on any atom is 0.294 e. The first-order valence-electron chi connectivity index (χ1n) is 12.3. The lowest BCUT2D eigenvalue weighted by molar-refractivity contribution is -0.384. The monoisotopic (exact) mass is 598 g/mol. The van der Waals surface area contributed by atoms with Crippen LogP contribution in [0.4, 0.5) is 17.1 Å². The largest absolute Gasteiger partial charge is 0.387 e. The number of pyridine rings is 1. The fourth-order valence-electron chi connectivity index (χ4n) is 5.01. The van der Waals surface area contributed by atoms with Crippen LogP contribution < -0.4 is 10.6 Å². The standard InChI is InChI=1S/C26H27BrN6O4S/c1-28-20-9-17(12-29-13-20)25(34)31-6-2-3-19(15-31)30-24-21(10-18(27)11-22(24)33(36)37)26(35)32-7-4-23-16(14-32)5-8-38-23/h5,8-13,19,28,30H,2-4,6-7,14-15H2,1H3/t19-/m1/s1. The number of carbonyl (C=O) groups is 2. The number of hydrogen-bond donors (Lipinski definition) is 2. The number of nitrogens with one attached hydrogen (secondary N) is 2. The first kappa shape index (κ1) is 26.1. The molecule has 0 spiro atoms. The quantitative estimate of drug-likeness (QED) is 0.309. The molecular weight excluding hydrogens is 572 g/mol. The number of amides is 2. The smallest absolute Gasteiger partial charge is 0.294 e. The Morgan fingerprint density at radius 3 is 2.82 bits per heavy atom. The molecule has 2 aliphatic rings. The number of nitro benzene ring substituents is 1. The molecule has 2 aromatic heterocycles. The average Bonchev–Trinajstić information content (AvgIpc) is 3.41. The molecule has 198 valence electrons. The Bertz CT molecular complexity index is 1400. The fourth-order valence-corrected chi connectivity index (χ4v) is 6.34. The number of nitrogens with zero attached hydrogens (tertiary/aromatic N) is 4. The Morgan fingerprint density at radius 1 is 1.18 bits per heavy atom. The normalized spacial score (nSPS) is 17.1. The predicted octanol–water partition coefficient (Wildman–Crippen LogP) is 4.77. The van der Waals surface area contributed by atoms with Crippen LogP contribution in [0.2, 0.25) is 0 Å². The van der Waals surface area contributed by atoms with E-state index in [1.54, 1.807) is 46.5 Å². The van der Waals surface area contributed by atoms with Crippen molar-refractivity contribution < 1.29 is 14.5 Å². The summed E-state index contributed by atoms with van der Waals surface area (Å²) < 4.78 is 0.462. The minimum Gasteiger partial charge on any atom is -0.387 e. The van der Waals surface area contributed by atoms with Crippen molar-refractivity contribution >= 4 is 56.1 Å². The summed E-state index contributed by atoms with van der Waals surface area (Å²) in [5, 5.41) is 20.4. The molecule has 0 radical (unpaired) electrons. The molecule has 0 aliphatic carbocycles. The molecule has 1 aromatic carbocycles. The zero-order valence-corrected chi connectivity index (χ0v) is 23.2. The Kier molecular flexibility index (Phi) is 7.61. The van der Waals surface area contributed by atoms with Crippen LogP contribution in [0.25, 0.3) is 0 Å². The van der Waals surface area contributed by atoms with E-state index in [9.17, 15) is 19.7 Å². The topological polar surface area (TPSA) is 121 Å². The van der Waals surface area contributed by atoms with Gasteiger partial charge in [-0.05, 0) is 48.4 Å². The number of rotatable bonds is 6. The van der Waals surface area contributed by atoms with Gasteiger partial charge in [0.15, 0.2) is 0 Å². The second-order valence-electron chi connectivity index (χ2n) is 9.40. The molecular formula is C26H27BrN6O4S. The van der Waals surface area contributed by atoms with Crippen LogP contribution in [0.3, 0.4) is 0 Å². The van der Waals surface area contributed by atoms with E-state index in [1.807, 2.05) is 11.4 Å². The van der Waals surface area contributed by atoms with Gasteiger partial charge in [-0.25, -0.2) is 0 Å². The number of thiophene rings is 1. The number of anilines is 2. The van der Waals surface area contributed by atoms with E-state index < -0.39 is 4.92 Å². The second kappa shape index (κ2) is 11.1. The van der Waals surface area contributed by atoms with E-state index in [0.717, 1.165) is 24.1 Å². The highest BCUT2D eigenvalue weighted by Gasteiger charge is 2.32. The van der Waals surface area contributed by atoms with E-state index in [-0.39, 0.29) is 34.8 Å². The van der Waals surface area contributed by atoms with Crippen LogP contribution in [-0.2, 0) is 13.0 Å². The number of piperidine rings is 1. The van der Waals surface area contributed by atoms with Gasteiger partial charge < -0.3 is 20.4 Å². The van der Waals surface area contributed by atoms with Crippen molar-refractivity contribution in [3.8, 4) is 0 Å². The van der Waals surface area contributed by atoms with Crippen LogP contribution >= 0.6 is 27.3 Å². The molecule has 3 aromatic rings. The molecule has 1 atom stereocenters. The Balaban J connectivity index is 1.40. The molecule has 5 rings (SSSR count). The lowest BCUT2D eigenvalue weighted by Gasteiger charge is -2.34. The molecule has 4 heterocycles.